The molecule has 2 N–H and O–H groups in total. The van der Waals surface area contributed by atoms with E-state index in [-0.39, 0.29) is 11.9 Å². The second kappa shape index (κ2) is 4.44. The average Bonchev–Trinajstić information content (AvgIpc) is 2.89. The third-order valence-corrected chi connectivity index (χ3v) is 4.00. The number of nitrogens with zero attached hydrogens (tertiary/aromatic N) is 1. The number of carboxylic acid groups (broad SMARTS) is 1. The number of thiazole rings is 1. The van der Waals surface area contributed by atoms with E-state index in [2.05, 4.69) is 10.3 Å². The number of rotatable bonds is 3. The molecule has 1 amide bonds. The monoisotopic (exact) mass is 254 g/mol. The number of aliphatic carboxylic acids is 1. The minimum atomic E-state index is -0.855. The molecule has 1 fully saturated rings. The highest BCUT2D eigenvalue weighted by atomic mass is 32.1. The van der Waals surface area contributed by atoms with Gasteiger partial charge in [0.15, 0.2) is 0 Å². The lowest BCUT2D eigenvalue weighted by molar-refractivity contribution is -0.148. The lowest BCUT2D eigenvalue weighted by Gasteiger charge is -2.27. The van der Waals surface area contributed by atoms with Crippen LogP contribution in [-0.2, 0) is 4.79 Å². The minimum absolute atomic E-state index is 0.286. The maximum Gasteiger partial charge on any atom is 0.311 e. The molecule has 0 saturated heterocycles. The highest BCUT2D eigenvalue weighted by Crippen LogP contribution is 2.38. The van der Waals surface area contributed by atoms with Gasteiger partial charge in [-0.05, 0) is 19.8 Å². The van der Waals surface area contributed by atoms with Crippen LogP contribution in [0.2, 0.25) is 0 Å². The molecular formula is C11H14N2O3S. The summed E-state index contributed by atoms with van der Waals surface area (Å²) in [7, 11) is 0. The molecule has 0 aromatic carbocycles. The summed E-state index contributed by atoms with van der Waals surface area (Å²) in [6.07, 6.45) is 2.13. The summed E-state index contributed by atoms with van der Waals surface area (Å²) >= 11 is 1.34. The number of nitrogens with one attached hydrogen (secondary N) is 1. The first-order valence-corrected chi connectivity index (χ1v) is 6.41. The van der Waals surface area contributed by atoms with Gasteiger partial charge in [0.2, 0.25) is 0 Å². The number of hydrogen-bond acceptors (Lipinski definition) is 4. The Labute approximate surface area is 103 Å². The third kappa shape index (κ3) is 2.17. The number of carbonyl (C=O) groups excluding carboxylic acids is 1. The van der Waals surface area contributed by atoms with Crippen molar-refractivity contribution in [1.29, 1.82) is 0 Å². The molecule has 0 spiro atoms. The zero-order valence-corrected chi connectivity index (χ0v) is 10.3. The molecule has 1 heterocycles. The second-order valence-corrected chi connectivity index (χ2v) is 5.23. The molecule has 5 nitrogen and oxygen atoms in total. The van der Waals surface area contributed by atoms with Crippen molar-refractivity contribution in [3.63, 3.8) is 0 Å². The van der Waals surface area contributed by atoms with Crippen LogP contribution < -0.4 is 5.32 Å². The number of carboxylic acids is 1. The molecule has 0 radical (unpaired) electrons. The molecule has 92 valence electrons. The Bertz CT molecular complexity index is 432. The summed E-state index contributed by atoms with van der Waals surface area (Å²) in [5.74, 6) is -1.13. The lowest BCUT2D eigenvalue weighted by Crippen LogP contribution is -2.47. The maximum atomic E-state index is 11.8. The van der Waals surface area contributed by atoms with Gasteiger partial charge in [0, 0.05) is 11.4 Å². The third-order valence-electron chi connectivity index (χ3n) is 3.42. The van der Waals surface area contributed by atoms with Gasteiger partial charge < -0.3 is 10.4 Å². The number of carbonyl (C=O) groups is 2. The van der Waals surface area contributed by atoms with Gasteiger partial charge in [-0.2, -0.15) is 0 Å². The molecule has 2 atom stereocenters. The Morgan fingerprint density at radius 1 is 1.65 bits per heavy atom. The van der Waals surface area contributed by atoms with E-state index in [9.17, 15) is 14.7 Å². The van der Waals surface area contributed by atoms with E-state index in [0.29, 0.717) is 18.5 Å². The van der Waals surface area contributed by atoms with Crippen LogP contribution in [0.1, 0.15) is 36.7 Å². The Morgan fingerprint density at radius 3 is 3.00 bits per heavy atom. The first kappa shape index (κ1) is 12.0. The van der Waals surface area contributed by atoms with Gasteiger partial charge in [-0.1, -0.05) is 6.42 Å². The van der Waals surface area contributed by atoms with Crippen LogP contribution in [0.5, 0.6) is 0 Å². The van der Waals surface area contributed by atoms with Gasteiger partial charge in [0.25, 0.3) is 5.91 Å². The fraction of sp³-hybridized carbons (Fsp3) is 0.545. The van der Waals surface area contributed by atoms with Crippen molar-refractivity contribution in [2.75, 3.05) is 0 Å². The van der Waals surface area contributed by atoms with E-state index >= 15 is 0 Å². The fourth-order valence-corrected chi connectivity index (χ4v) is 2.74. The van der Waals surface area contributed by atoms with Crippen molar-refractivity contribution >= 4 is 23.2 Å². The lowest BCUT2D eigenvalue weighted by atomic mass is 9.85. The summed E-state index contributed by atoms with van der Waals surface area (Å²) < 4.78 is 0. The van der Waals surface area contributed by atoms with Crippen molar-refractivity contribution in [2.45, 2.75) is 32.2 Å². The van der Waals surface area contributed by atoms with Gasteiger partial charge in [-0.3, -0.25) is 9.59 Å². The van der Waals surface area contributed by atoms with Crippen molar-refractivity contribution in [3.8, 4) is 0 Å². The highest BCUT2D eigenvalue weighted by Gasteiger charge is 2.46. The quantitative estimate of drug-likeness (QED) is 0.857. The van der Waals surface area contributed by atoms with Gasteiger partial charge in [-0.15, -0.1) is 11.3 Å². The molecule has 0 aliphatic heterocycles. The van der Waals surface area contributed by atoms with Crippen LogP contribution in [0.25, 0.3) is 0 Å². The minimum Gasteiger partial charge on any atom is -0.481 e. The predicted octanol–water partition coefficient (Wildman–Crippen LogP) is 1.52. The van der Waals surface area contributed by atoms with Crippen LogP contribution in [-0.4, -0.2) is 28.0 Å². The van der Waals surface area contributed by atoms with Gasteiger partial charge >= 0.3 is 5.97 Å². The molecule has 1 aliphatic rings. The van der Waals surface area contributed by atoms with Gasteiger partial charge in [0.1, 0.15) is 5.69 Å². The van der Waals surface area contributed by atoms with Crippen LogP contribution in [0.15, 0.2) is 10.9 Å². The van der Waals surface area contributed by atoms with Gasteiger partial charge in [-0.25, -0.2) is 4.98 Å². The number of amides is 1. The van der Waals surface area contributed by atoms with Crippen LogP contribution >= 0.6 is 11.3 Å². The standard InChI is InChI=1S/C11H14N2O3S/c1-11(10(15)16)4-2-3-8(11)13-9(14)7-5-17-6-12-7/h5-6,8H,2-4H2,1H3,(H,13,14)(H,15,16). The topological polar surface area (TPSA) is 79.3 Å². The molecule has 2 rings (SSSR count). The Balaban J connectivity index is 2.09. The normalized spacial score (nSPS) is 27.9. The fourth-order valence-electron chi connectivity index (χ4n) is 2.21. The zero-order chi connectivity index (χ0) is 12.5. The Kier molecular flexibility index (Phi) is 3.15. The predicted molar refractivity (Wildman–Crippen MR) is 63.0 cm³/mol. The smallest absolute Gasteiger partial charge is 0.311 e. The largest absolute Gasteiger partial charge is 0.481 e. The van der Waals surface area contributed by atoms with Crippen molar-refractivity contribution in [2.24, 2.45) is 5.41 Å². The first-order valence-electron chi connectivity index (χ1n) is 5.46. The zero-order valence-electron chi connectivity index (χ0n) is 9.47. The van der Waals surface area contributed by atoms with E-state index in [1.165, 1.54) is 11.3 Å². The van der Waals surface area contributed by atoms with E-state index in [1.54, 1.807) is 17.8 Å². The Morgan fingerprint density at radius 2 is 2.41 bits per heavy atom. The summed E-state index contributed by atoms with van der Waals surface area (Å²) in [6.45, 7) is 1.69. The molecule has 2 unspecified atom stereocenters. The first-order chi connectivity index (χ1) is 8.04. The van der Waals surface area contributed by atoms with E-state index in [0.717, 1.165) is 6.42 Å². The van der Waals surface area contributed by atoms with Crippen LogP contribution in [0.3, 0.4) is 0 Å². The molecule has 1 aromatic rings. The SMILES string of the molecule is CC1(C(=O)O)CCCC1NC(=O)c1cscn1. The van der Waals surface area contributed by atoms with Crippen LogP contribution in [0.4, 0.5) is 0 Å². The summed E-state index contributed by atoms with van der Waals surface area (Å²) in [5, 5.41) is 13.7. The maximum absolute atomic E-state index is 11.8. The average molecular weight is 254 g/mol. The molecule has 6 heteroatoms. The molecular weight excluding hydrogens is 240 g/mol. The van der Waals surface area contributed by atoms with E-state index in [1.807, 2.05) is 0 Å². The Hall–Kier alpha value is -1.43. The number of aromatic nitrogens is 1. The van der Waals surface area contributed by atoms with Crippen molar-refractivity contribution in [3.05, 3.63) is 16.6 Å². The van der Waals surface area contributed by atoms with Gasteiger partial charge in [0.05, 0.1) is 10.9 Å². The summed E-state index contributed by atoms with van der Waals surface area (Å²) in [4.78, 5) is 27.0. The second-order valence-electron chi connectivity index (χ2n) is 4.51. The molecule has 0 bridgehead atoms. The van der Waals surface area contributed by atoms with Crippen LogP contribution in [0, 0.1) is 5.41 Å². The molecule has 1 aliphatic carbocycles. The van der Waals surface area contributed by atoms with E-state index in [4.69, 9.17) is 0 Å². The van der Waals surface area contributed by atoms with Crippen molar-refractivity contribution in [1.82, 2.24) is 10.3 Å². The van der Waals surface area contributed by atoms with E-state index < -0.39 is 11.4 Å². The van der Waals surface area contributed by atoms with Crippen molar-refractivity contribution < 1.29 is 14.7 Å². The molecule has 17 heavy (non-hydrogen) atoms. The number of hydrogen-bond donors (Lipinski definition) is 2. The summed E-state index contributed by atoms with van der Waals surface area (Å²) in [6, 6.07) is -0.311. The summed E-state index contributed by atoms with van der Waals surface area (Å²) in [5.41, 5.74) is 1.08. The molecule has 1 saturated carbocycles. The highest BCUT2D eigenvalue weighted by molar-refractivity contribution is 7.07. The molecule has 1 aromatic heterocycles.